The summed E-state index contributed by atoms with van der Waals surface area (Å²) in [5, 5.41) is 3.42. The standard InChI is InChI=1S/C14H17ClN2O/c15-12-6-11(7-13(16)8-12)14(18)17-9-10-4-2-1-3-5-10/h1-2,6-8,10H,3-5,9,16H2,(H,17,18). The highest BCUT2D eigenvalue weighted by molar-refractivity contribution is 6.31. The summed E-state index contributed by atoms with van der Waals surface area (Å²) >= 11 is 5.87. The molecule has 0 aromatic heterocycles. The summed E-state index contributed by atoms with van der Waals surface area (Å²) in [4.78, 5) is 11.9. The van der Waals surface area contributed by atoms with Crippen LogP contribution in [0.1, 0.15) is 29.6 Å². The van der Waals surface area contributed by atoms with Crippen LogP contribution in [0, 0.1) is 5.92 Å². The third kappa shape index (κ3) is 3.50. The first-order chi connectivity index (χ1) is 8.65. The molecule has 0 bridgehead atoms. The molecule has 96 valence electrons. The number of carbonyl (C=O) groups is 1. The van der Waals surface area contributed by atoms with Gasteiger partial charge < -0.3 is 11.1 Å². The molecule has 0 aliphatic heterocycles. The van der Waals surface area contributed by atoms with Crippen molar-refractivity contribution in [3.05, 3.63) is 40.9 Å². The fourth-order valence-electron chi connectivity index (χ4n) is 2.12. The molecule has 0 spiro atoms. The second-order valence-corrected chi connectivity index (χ2v) is 5.07. The van der Waals surface area contributed by atoms with E-state index in [1.165, 1.54) is 0 Å². The van der Waals surface area contributed by atoms with Crippen LogP contribution < -0.4 is 11.1 Å². The zero-order valence-electron chi connectivity index (χ0n) is 10.2. The Balaban J connectivity index is 1.92. The van der Waals surface area contributed by atoms with Gasteiger partial charge >= 0.3 is 0 Å². The van der Waals surface area contributed by atoms with Gasteiger partial charge in [-0.05, 0) is 43.4 Å². The number of nitrogens with two attached hydrogens (primary N) is 1. The Morgan fingerprint density at radius 3 is 2.89 bits per heavy atom. The fraction of sp³-hybridized carbons (Fsp3) is 0.357. The van der Waals surface area contributed by atoms with Crippen molar-refractivity contribution in [1.82, 2.24) is 5.32 Å². The summed E-state index contributed by atoms with van der Waals surface area (Å²) < 4.78 is 0. The molecule has 0 saturated carbocycles. The molecule has 1 aliphatic carbocycles. The Morgan fingerprint density at radius 1 is 1.39 bits per heavy atom. The van der Waals surface area contributed by atoms with E-state index in [0.717, 1.165) is 19.3 Å². The minimum Gasteiger partial charge on any atom is -0.399 e. The summed E-state index contributed by atoms with van der Waals surface area (Å²) in [6, 6.07) is 4.90. The molecule has 3 nitrogen and oxygen atoms in total. The summed E-state index contributed by atoms with van der Waals surface area (Å²) in [7, 11) is 0. The SMILES string of the molecule is Nc1cc(Cl)cc(C(=O)NCC2CC=CCC2)c1. The maximum absolute atomic E-state index is 11.9. The second kappa shape index (κ2) is 5.91. The van der Waals surface area contributed by atoms with E-state index < -0.39 is 0 Å². The number of allylic oxidation sites excluding steroid dienone is 2. The molecule has 0 heterocycles. The monoisotopic (exact) mass is 264 g/mol. The van der Waals surface area contributed by atoms with E-state index in [1.807, 2.05) is 0 Å². The number of carbonyl (C=O) groups excluding carboxylic acids is 1. The number of nitrogen functional groups attached to an aromatic ring is 1. The first kappa shape index (κ1) is 13.0. The van der Waals surface area contributed by atoms with Crippen LogP contribution in [0.25, 0.3) is 0 Å². The summed E-state index contributed by atoms with van der Waals surface area (Å²) in [6.07, 6.45) is 7.64. The summed E-state index contributed by atoms with van der Waals surface area (Å²) in [5.74, 6) is 0.425. The van der Waals surface area contributed by atoms with Crippen LogP contribution in [0.3, 0.4) is 0 Å². The van der Waals surface area contributed by atoms with E-state index in [9.17, 15) is 4.79 Å². The molecule has 3 N–H and O–H groups in total. The molecule has 1 atom stereocenters. The molecule has 2 rings (SSSR count). The number of anilines is 1. The fourth-order valence-corrected chi connectivity index (χ4v) is 2.37. The van der Waals surface area contributed by atoms with Crippen molar-refractivity contribution in [1.29, 1.82) is 0 Å². The zero-order valence-corrected chi connectivity index (χ0v) is 10.9. The van der Waals surface area contributed by atoms with Gasteiger partial charge in [-0.3, -0.25) is 4.79 Å². The molecule has 18 heavy (non-hydrogen) atoms. The van der Waals surface area contributed by atoms with Crippen molar-refractivity contribution >= 4 is 23.2 Å². The number of halogens is 1. The van der Waals surface area contributed by atoms with Gasteiger partial charge in [-0.25, -0.2) is 0 Å². The average Bonchev–Trinajstić information content (AvgIpc) is 2.36. The summed E-state index contributed by atoms with van der Waals surface area (Å²) in [6.45, 7) is 0.704. The number of nitrogens with one attached hydrogen (secondary N) is 1. The minimum atomic E-state index is -0.112. The van der Waals surface area contributed by atoms with Crippen LogP contribution in [-0.4, -0.2) is 12.5 Å². The first-order valence-electron chi connectivity index (χ1n) is 6.14. The van der Waals surface area contributed by atoms with Crippen molar-refractivity contribution in [2.75, 3.05) is 12.3 Å². The molecule has 0 saturated heterocycles. The lowest BCUT2D eigenvalue weighted by atomic mass is 9.94. The average molecular weight is 265 g/mol. The Labute approximate surface area is 112 Å². The van der Waals surface area contributed by atoms with Gasteiger partial charge in [0.25, 0.3) is 5.91 Å². The molecule has 1 amide bonds. The van der Waals surface area contributed by atoms with Gasteiger partial charge in [-0.1, -0.05) is 23.8 Å². The molecular weight excluding hydrogens is 248 g/mol. The van der Waals surface area contributed by atoms with Crippen molar-refractivity contribution in [2.24, 2.45) is 5.92 Å². The maximum Gasteiger partial charge on any atom is 0.251 e. The van der Waals surface area contributed by atoms with E-state index in [1.54, 1.807) is 18.2 Å². The van der Waals surface area contributed by atoms with Gasteiger partial charge in [0.1, 0.15) is 0 Å². The molecule has 4 heteroatoms. The number of hydrogen-bond donors (Lipinski definition) is 2. The molecule has 1 aliphatic rings. The lowest BCUT2D eigenvalue weighted by Crippen LogP contribution is -2.29. The number of amides is 1. The smallest absolute Gasteiger partial charge is 0.251 e. The van der Waals surface area contributed by atoms with Crippen LogP contribution in [-0.2, 0) is 0 Å². The third-order valence-electron chi connectivity index (χ3n) is 3.11. The lowest BCUT2D eigenvalue weighted by Gasteiger charge is -2.18. The predicted octanol–water partition coefficient (Wildman–Crippen LogP) is 3.01. The van der Waals surface area contributed by atoms with Crippen molar-refractivity contribution in [3.63, 3.8) is 0 Å². The highest BCUT2D eigenvalue weighted by atomic mass is 35.5. The molecule has 1 aromatic rings. The normalized spacial score (nSPS) is 18.6. The van der Waals surface area contributed by atoms with Gasteiger partial charge in [0.15, 0.2) is 0 Å². The highest BCUT2D eigenvalue weighted by Crippen LogP contribution is 2.18. The Morgan fingerprint density at radius 2 is 2.22 bits per heavy atom. The largest absolute Gasteiger partial charge is 0.399 e. The molecular formula is C14H17ClN2O. The number of rotatable bonds is 3. The minimum absolute atomic E-state index is 0.112. The second-order valence-electron chi connectivity index (χ2n) is 4.63. The molecule has 1 aromatic carbocycles. The quantitative estimate of drug-likeness (QED) is 0.651. The molecule has 1 unspecified atom stereocenters. The van der Waals surface area contributed by atoms with Crippen molar-refractivity contribution in [2.45, 2.75) is 19.3 Å². The van der Waals surface area contributed by atoms with Gasteiger partial charge in [0.05, 0.1) is 0 Å². The Hall–Kier alpha value is -1.48. The number of benzene rings is 1. The van der Waals surface area contributed by atoms with E-state index in [2.05, 4.69) is 17.5 Å². The van der Waals surface area contributed by atoms with Crippen LogP contribution in [0.5, 0.6) is 0 Å². The molecule has 0 fully saturated rings. The number of hydrogen-bond acceptors (Lipinski definition) is 2. The highest BCUT2D eigenvalue weighted by Gasteiger charge is 2.12. The Kier molecular flexibility index (Phi) is 4.26. The Bertz CT molecular complexity index is 451. The van der Waals surface area contributed by atoms with E-state index in [0.29, 0.717) is 28.7 Å². The van der Waals surface area contributed by atoms with Gasteiger partial charge in [0.2, 0.25) is 0 Å². The van der Waals surface area contributed by atoms with E-state index in [4.69, 9.17) is 17.3 Å². The predicted molar refractivity (Wildman–Crippen MR) is 74.7 cm³/mol. The maximum atomic E-state index is 11.9. The third-order valence-corrected chi connectivity index (χ3v) is 3.33. The van der Waals surface area contributed by atoms with Crippen LogP contribution in [0.2, 0.25) is 5.02 Å². The van der Waals surface area contributed by atoms with Crippen molar-refractivity contribution in [3.8, 4) is 0 Å². The molecule has 0 radical (unpaired) electrons. The lowest BCUT2D eigenvalue weighted by molar-refractivity contribution is 0.0946. The van der Waals surface area contributed by atoms with Crippen molar-refractivity contribution < 1.29 is 4.79 Å². The zero-order chi connectivity index (χ0) is 13.0. The topological polar surface area (TPSA) is 55.1 Å². The van der Waals surface area contributed by atoms with Gasteiger partial charge in [-0.2, -0.15) is 0 Å². The summed E-state index contributed by atoms with van der Waals surface area (Å²) in [5.41, 5.74) is 6.69. The van der Waals surface area contributed by atoms with E-state index >= 15 is 0 Å². The van der Waals surface area contributed by atoms with Crippen LogP contribution in [0.15, 0.2) is 30.4 Å². The van der Waals surface area contributed by atoms with Crippen LogP contribution in [0.4, 0.5) is 5.69 Å². The van der Waals surface area contributed by atoms with Gasteiger partial charge in [0, 0.05) is 22.8 Å². The van der Waals surface area contributed by atoms with E-state index in [-0.39, 0.29) is 5.91 Å². The first-order valence-corrected chi connectivity index (χ1v) is 6.52. The van der Waals surface area contributed by atoms with Crippen LogP contribution >= 0.6 is 11.6 Å². The van der Waals surface area contributed by atoms with Gasteiger partial charge in [-0.15, -0.1) is 0 Å².